The van der Waals surface area contributed by atoms with Crippen LogP contribution >= 0.6 is 23.1 Å². The van der Waals surface area contributed by atoms with Gasteiger partial charge in [0.15, 0.2) is 17.1 Å². The van der Waals surface area contributed by atoms with Crippen molar-refractivity contribution in [3.63, 3.8) is 0 Å². The molecule has 0 aliphatic carbocycles. The fourth-order valence-electron chi connectivity index (χ4n) is 3.25. The molecule has 1 aromatic carbocycles. The van der Waals surface area contributed by atoms with Gasteiger partial charge in [-0.15, -0.1) is 21.5 Å². The number of carbonyl (C=O) groups is 3. The number of nitrogens with zero attached hydrogens (tertiary/aromatic N) is 3. The van der Waals surface area contributed by atoms with Crippen LogP contribution in [0.1, 0.15) is 44.4 Å². The SMILES string of the molecule is COC(=O)c1sc(NC(=O)CSc2nnc(C(C)Oc3ccc(OC)cc3)n2C)c(C(=O)OC)c1C. The summed E-state index contributed by atoms with van der Waals surface area (Å²) in [5, 5.41) is 11.8. The summed E-state index contributed by atoms with van der Waals surface area (Å²) in [6.45, 7) is 3.44. The first-order valence-corrected chi connectivity index (χ1v) is 12.4. The average molecular weight is 535 g/mol. The smallest absolute Gasteiger partial charge is 0.348 e. The van der Waals surface area contributed by atoms with Gasteiger partial charge in [-0.1, -0.05) is 11.8 Å². The maximum atomic E-state index is 12.7. The number of benzene rings is 1. The minimum absolute atomic E-state index is 0.00912. The minimum atomic E-state index is -0.661. The fraction of sp³-hybridized carbons (Fsp3) is 0.348. The number of aromatic nitrogens is 3. The monoisotopic (exact) mass is 534 g/mol. The molecule has 2 aromatic heterocycles. The number of ether oxygens (including phenoxy) is 4. The Balaban J connectivity index is 1.66. The maximum absolute atomic E-state index is 12.7. The second kappa shape index (κ2) is 11.9. The van der Waals surface area contributed by atoms with Crippen molar-refractivity contribution in [2.75, 3.05) is 32.4 Å². The number of thiophene rings is 1. The molecule has 13 heteroatoms. The molecule has 11 nitrogen and oxygen atoms in total. The van der Waals surface area contributed by atoms with Crippen LogP contribution in [0.2, 0.25) is 0 Å². The van der Waals surface area contributed by atoms with Gasteiger partial charge in [-0.25, -0.2) is 9.59 Å². The summed E-state index contributed by atoms with van der Waals surface area (Å²) in [7, 11) is 5.84. The summed E-state index contributed by atoms with van der Waals surface area (Å²) in [4.78, 5) is 37.2. The predicted molar refractivity (Wildman–Crippen MR) is 134 cm³/mol. The fourth-order valence-corrected chi connectivity index (χ4v) is 5.09. The van der Waals surface area contributed by atoms with Gasteiger partial charge in [-0.3, -0.25) is 4.79 Å². The zero-order valence-corrected chi connectivity index (χ0v) is 22.2. The van der Waals surface area contributed by atoms with Crippen molar-refractivity contribution in [3.8, 4) is 11.5 Å². The lowest BCUT2D eigenvalue weighted by molar-refractivity contribution is -0.113. The van der Waals surface area contributed by atoms with E-state index in [1.54, 1.807) is 49.9 Å². The van der Waals surface area contributed by atoms with Gasteiger partial charge in [0.25, 0.3) is 0 Å². The van der Waals surface area contributed by atoms with Crippen LogP contribution in [-0.4, -0.2) is 59.7 Å². The molecule has 1 N–H and O–H groups in total. The van der Waals surface area contributed by atoms with E-state index in [1.807, 2.05) is 6.92 Å². The first kappa shape index (κ1) is 27.0. The van der Waals surface area contributed by atoms with Gasteiger partial charge in [0.1, 0.15) is 21.4 Å². The molecular weight excluding hydrogens is 508 g/mol. The zero-order valence-electron chi connectivity index (χ0n) is 20.6. The number of anilines is 1. The summed E-state index contributed by atoms with van der Waals surface area (Å²) < 4.78 is 22.4. The topological polar surface area (TPSA) is 131 Å². The third-order valence-electron chi connectivity index (χ3n) is 5.10. The number of amides is 1. The molecule has 1 unspecified atom stereocenters. The Labute approximate surface area is 216 Å². The van der Waals surface area contributed by atoms with Crippen molar-refractivity contribution < 1.29 is 33.3 Å². The van der Waals surface area contributed by atoms with Gasteiger partial charge >= 0.3 is 11.9 Å². The molecule has 1 amide bonds. The number of hydrogen-bond acceptors (Lipinski definition) is 11. The molecule has 2 heterocycles. The Bertz CT molecular complexity index is 1250. The van der Waals surface area contributed by atoms with E-state index < -0.39 is 23.9 Å². The van der Waals surface area contributed by atoms with Gasteiger partial charge in [0, 0.05) is 7.05 Å². The molecule has 0 aliphatic heterocycles. The van der Waals surface area contributed by atoms with Crippen molar-refractivity contribution in [2.24, 2.45) is 7.05 Å². The molecule has 0 bridgehead atoms. The maximum Gasteiger partial charge on any atom is 0.348 e. The van der Waals surface area contributed by atoms with Crippen LogP contribution in [0.25, 0.3) is 0 Å². The first-order chi connectivity index (χ1) is 17.2. The van der Waals surface area contributed by atoms with Crippen LogP contribution in [0, 0.1) is 6.92 Å². The summed E-state index contributed by atoms with van der Waals surface area (Å²) in [5.74, 6) is 0.293. The Morgan fingerprint density at radius 2 is 1.69 bits per heavy atom. The lowest BCUT2D eigenvalue weighted by Gasteiger charge is -2.14. The van der Waals surface area contributed by atoms with E-state index in [1.165, 1.54) is 26.0 Å². The minimum Gasteiger partial charge on any atom is -0.497 e. The highest BCUT2D eigenvalue weighted by Crippen LogP contribution is 2.34. The van der Waals surface area contributed by atoms with Crippen LogP contribution < -0.4 is 14.8 Å². The number of nitrogens with one attached hydrogen (secondary N) is 1. The molecule has 3 rings (SSSR count). The third kappa shape index (κ3) is 5.97. The van der Waals surface area contributed by atoms with Crippen molar-refractivity contribution in [2.45, 2.75) is 25.1 Å². The van der Waals surface area contributed by atoms with Gasteiger partial charge < -0.3 is 28.8 Å². The highest BCUT2D eigenvalue weighted by molar-refractivity contribution is 7.99. The molecule has 0 aliphatic rings. The van der Waals surface area contributed by atoms with E-state index in [0.717, 1.165) is 17.1 Å². The van der Waals surface area contributed by atoms with E-state index >= 15 is 0 Å². The molecule has 0 fully saturated rings. The molecule has 0 spiro atoms. The summed E-state index contributed by atoms with van der Waals surface area (Å²) >= 11 is 2.12. The molecule has 0 radical (unpaired) electrons. The molecule has 1 atom stereocenters. The zero-order chi connectivity index (χ0) is 26.4. The van der Waals surface area contributed by atoms with Crippen LogP contribution in [0.3, 0.4) is 0 Å². The van der Waals surface area contributed by atoms with Crippen molar-refractivity contribution in [1.82, 2.24) is 14.8 Å². The van der Waals surface area contributed by atoms with E-state index in [4.69, 9.17) is 18.9 Å². The number of thioether (sulfide) groups is 1. The number of rotatable bonds is 10. The summed E-state index contributed by atoms with van der Waals surface area (Å²) in [6, 6.07) is 7.19. The number of esters is 2. The number of methoxy groups -OCH3 is 3. The average Bonchev–Trinajstić information content (AvgIpc) is 3.41. The van der Waals surface area contributed by atoms with Crippen molar-refractivity contribution in [3.05, 3.63) is 46.1 Å². The van der Waals surface area contributed by atoms with Crippen LogP contribution in [0.4, 0.5) is 5.00 Å². The second-order valence-electron chi connectivity index (χ2n) is 7.42. The van der Waals surface area contributed by atoms with E-state index in [0.29, 0.717) is 22.3 Å². The largest absolute Gasteiger partial charge is 0.497 e. The Morgan fingerprint density at radius 3 is 2.31 bits per heavy atom. The van der Waals surface area contributed by atoms with E-state index in [9.17, 15) is 14.4 Å². The lowest BCUT2D eigenvalue weighted by atomic mass is 10.1. The number of carbonyl (C=O) groups excluding carboxylic acids is 3. The summed E-state index contributed by atoms with van der Waals surface area (Å²) in [6.07, 6.45) is -0.396. The molecule has 0 saturated carbocycles. The highest BCUT2D eigenvalue weighted by Gasteiger charge is 2.27. The standard InChI is InChI=1S/C23H26N4O7S2/c1-12-17(21(29)32-5)20(36-18(12)22(30)33-6)24-16(28)11-35-23-26-25-19(27(23)3)13(2)34-15-9-7-14(31-4)8-10-15/h7-10,13H,11H2,1-6H3,(H,24,28). The summed E-state index contributed by atoms with van der Waals surface area (Å²) in [5.41, 5.74) is 0.497. The predicted octanol–water partition coefficient (Wildman–Crippen LogP) is 3.64. The molecular formula is C23H26N4O7S2. The second-order valence-corrected chi connectivity index (χ2v) is 9.38. The van der Waals surface area contributed by atoms with Crippen molar-refractivity contribution in [1.29, 1.82) is 0 Å². The molecule has 36 heavy (non-hydrogen) atoms. The van der Waals surface area contributed by atoms with Crippen LogP contribution in [0.15, 0.2) is 29.4 Å². The van der Waals surface area contributed by atoms with Gasteiger partial charge in [-0.2, -0.15) is 0 Å². The Kier molecular flexibility index (Phi) is 8.93. The molecule has 0 saturated heterocycles. The van der Waals surface area contributed by atoms with Crippen LogP contribution in [0.5, 0.6) is 11.5 Å². The Hall–Kier alpha value is -3.58. The normalized spacial score (nSPS) is 11.5. The number of hydrogen-bond donors (Lipinski definition) is 1. The highest BCUT2D eigenvalue weighted by atomic mass is 32.2. The van der Waals surface area contributed by atoms with Gasteiger partial charge in [-0.05, 0) is 43.7 Å². The quantitative estimate of drug-likeness (QED) is 0.304. The molecule has 3 aromatic rings. The van der Waals surface area contributed by atoms with Gasteiger partial charge in [0.2, 0.25) is 5.91 Å². The molecule has 192 valence electrons. The van der Waals surface area contributed by atoms with Crippen LogP contribution in [-0.2, 0) is 21.3 Å². The third-order valence-corrected chi connectivity index (χ3v) is 7.30. The lowest BCUT2D eigenvalue weighted by Crippen LogP contribution is -2.16. The van der Waals surface area contributed by atoms with E-state index in [2.05, 4.69) is 15.5 Å². The Morgan fingerprint density at radius 1 is 1.06 bits per heavy atom. The van der Waals surface area contributed by atoms with Gasteiger partial charge in [0.05, 0.1) is 32.6 Å². The van der Waals surface area contributed by atoms with Crippen molar-refractivity contribution >= 4 is 45.9 Å². The van der Waals surface area contributed by atoms with E-state index in [-0.39, 0.29) is 21.2 Å². The first-order valence-electron chi connectivity index (χ1n) is 10.6.